The predicted octanol–water partition coefficient (Wildman–Crippen LogP) is 0.0732. The first-order valence-electron chi connectivity index (χ1n) is 6.96. The summed E-state index contributed by atoms with van der Waals surface area (Å²) >= 11 is 0. The normalized spacial score (nSPS) is 16.5. The lowest BCUT2D eigenvalue weighted by atomic mass is 10.0. The molecule has 7 nitrogen and oxygen atoms in total. The predicted molar refractivity (Wildman–Crippen MR) is 78.7 cm³/mol. The summed E-state index contributed by atoms with van der Waals surface area (Å²) in [6, 6.07) is 7.61. The molecule has 22 heavy (non-hydrogen) atoms. The van der Waals surface area contributed by atoms with E-state index in [0.717, 1.165) is 17.7 Å². The molecule has 1 aliphatic heterocycles. The van der Waals surface area contributed by atoms with E-state index in [0.29, 0.717) is 6.42 Å². The molecule has 3 N–H and O–H groups in total. The molecule has 0 bridgehead atoms. The van der Waals surface area contributed by atoms with Crippen LogP contribution in [0.5, 0.6) is 5.75 Å². The Balaban J connectivity index is 1.63. The number of rotatable bonds is 3. The Kier molecular flexibility index (Phi) is 3.78. The second-order valence-corrected chi connectivity index (χ2v) is 5.07. The van der Waals surface area contributed by atoms with Crippen LogP contribution in [0.2, 0.25) is 0 Å². The molecule has 0 spiro atoms. The lowest BCUT2D eigenvalue weighted by Gasteiger charge is -2.25. The van der Waals surface area contributed by atoms with Gasteiger partial charge in [0.25, 0.3) is 11.5 Å². The summed E-state index contributed by atoms with van der Waals surface area (Å²) in [5, 5.41) is 2.65. The maximum absolute atomic E-state index is 12.1. The van der Waals surface area contributed by atoms with Crippen LogP contribution in [0.15, 0.2) is 40.1 Å². The Morgan fingerprint density at radius 1 is 1.32 bits per heavy atom. The fourth-order valence-corrected chi connectivity index (χ4v) is 2.37. The maximum Gasteiger partial charge on any atom is 0.325 e. The number of nitrogens with one attached hydrogen (secondary N) is 3. The number of aromatic amines is 2. The summed E-state index contributed by atoms with van der Waals surface area (Å²) in [4.78, 5) is 39.1. The molecule has 0 fully saturated rings. The lowest BCUT2D eigenvalue weighted by molar-refractivity contribution is -0.128. The van der Waals surface area contributed by atoms with Gasteiger partial charge >= 0.3 is 5.69 Å². The molecule has 1 amide bonds. The van der Waals surface area contributed by atoms with E-state index in [2.05, 4.69) is 15.3 Å². The van der Waals surface area contributed by atoms with Gasteiger partial charge in [0, 0.05) is 12.7 Å². The first kappa shape index (κ1) is 14.1. The number of amides is 1. The van der Waals surface area contributed by atoms with Gasteiger partial charge in [-0.05, 0) is 24.5 Å². The molecule has 3 rings (SSSR count). The van der Waals surface area contributed by atoms with Gasteiger partial charge in [0.15, 0.2) is 6.10 Å². The molecule has 1 atom stereocenters. The summed E-state index contributed by atoms with van der Waals surface area (Å²) in [5.74, 6) is 0.441. The molecule has 2 heterocycles. The minimum absolute atomic E-state index is 0.0342. The fraction of sp³-hybridized carbons (Fsp3) is 0.267. The molecule has 0 saturated heterocycles. The van der Waals surface area contributed by atoms with E-state index < -0.39 is 17.4 Å². The van der Waals surface area contributed by atoms with E-state index >= 15 is 0 Å². The van der Waals surface area contributed by atoms with E-state index in [1.165, 1.54) is 6.20 Å². The van der Waals surface area contributed by atoms with E-state index in [4.69, 9.17) is 4.74 Å². The van der Waals surface area contributed by atoms with Crippen molar-refractivity contribution in [2.75, 3.05) is 0 Å². The molecule has 1 aliphatic rings. The second-order valence-electron chi connectivity index (χ2n) is 5.07. The van der Waals surface area contributed by atoms with Gasteiger partial charge in [0.05, 0.1) is 5.56 Å². The summed E-state index contributed by atoms with van der Waals surface area (Å²) in [6.07, 6.45) is 2.08. The van der Waals surface area contributed by atoms with Gasteiger partial charge in [-0.2, -0.15) is 0 Å². The average Bonchev–Trinajstić information content (AvgIpc) is 2.53. The van der Waals surface area contributed by atoms with E-state index in [9.17, 15) is 14.4 Å². The van der Waals surface area contributed by atoms with Crippen molar-refractivity contribution in [3.63, 3.8) is 0 Å². The number of aryl methyl sites for hydroxylation is 1. The zero-order valence-corrected chi connectivity index (χ0v) is 11.7. The number of carbonyl (C=O) groups excluding carboxylic acids is 1. The highest BCUT2D eigenvalue weighted by Crippen LogP contribution is 2.26. The molecule has 1 aromatic heterocycles. The van der Waals surface area contributed by atoms with Gasteiger partial charge in [-0.25, -0.2) is 4.79 Å². The molecular weight excluding hydrogens is 286 g/mol. The van der Waals surface area contributed by atoms with Crippen LogP contribution in [-0.2, 0) is 17.8 Å². The molecule has 1 aromatic carbocycles. The Hall–Kier alpha value is -2.83. The highest BCUT2D eigenvalue weighted by atomic mass is 16.5. The monoisotopic (exact) mass is 301 g/mol. The van der Waals surface area contributed by atoms with Crippen molar-refractivity contribution in [1.82, 2.24) is 15.3 Å². The van der Waals surface area contributed by atoms with Crippen LogP contribution in [0.1, 0.15) is 17.5 Å². The number of para-hydroxylation sites is 1. The van der Waals surface area contributed by atoms with Gasteiger partial charge < -0.3 is 15.0 Å². The molecule has 0 aliphatic carbocycles. The Bertz CT molecular complexity index is 809. The van der Waals surface area contributed by atoms with Gasteiger partial charge in [0.2, 0.25) is 0 Å². The van der Waals surface area contributed by atoms with Crippen LogP contribution >= 0.6 is 0 Å². The van der Waals surface area contributed by atoms with Crippen LogP contribution in [0.4, 0.5) is 0 Å². The Morgan fingerprint density at radius 3 is 2.95 bits per heavy atom. The van der Waals surface area contributed by atoms with E-state index in [1.54, 1.807) is 0 Å². The smallest absolute Gasteiger partial charge is 0.325 e. The van der Waals surface area contributed by atoms with Crippen molar-refractivity contribution >= 4 is 5.91 Å². The number of carbonyl (C=O) groups is 1. The molecular formula is C15H15N3O4. The molecule has 1 unspecified atom stereocenters. The molecule has 0 radical (unpaired) electrons. The average molecular weight is 301 g/mol. The summed E-state index contributed by atoms with van der Waals surface area (Å²) in [5.41, 5.74) is 0.277. The number of benzene rings is 1. The van der Waals surface area contributed by atoms with Crippen LogP contribution in [0.25, 0.3) is 0 Å². The number of H-pyrrole nitrogens is 2. The Morgan fingerprint density at radius 2 is 2.14 bits per heavy atom. The molecule has 2 aromatic rings. The third-order valence-electron chi connectivity index (χ3n) is 3.56. The van der Waals surface area contributed by atoms with Crippen molar-refractivity contribution in [2.45, 2.75) is 25.5 Å². The molecule has 7 heteroatoms. The second kappa shape index (κ2) is 5.88. The highest BCUT2D eigenvalue weighted by molar-refractivity contribution is 5.81. The summed E-state index contributed by atoms with van der Waals surface area (Å²) < 4.78 is 5.68. The van der Waals surface area contributed by atoms with Crippen molar-refractivity contribution < 1.29 is 9.53 Å². The first-order valence-corrected chi connectivity index (χ1v) is 6.96. The van der Waals surface area contributed by atoms with Crippen molar-refractivity contribution in [1.29, 1.82) is 0 Å². The zero-order valence-electron chi connectivity index (χ0n) is 11.7. The number of fused-ring (bicyclic) bond motifs is 1. The molecule has 0 saturated carbocycles. The highest BCUT2D eigenvalue weighted by Gasteiger charge is 2.25. The SMILES string of the molecule is O=C(NCc1c[nH]c(=O)[nH]c1=O)C1CCc2ccccc2O1. The number of hydrogen-bond acceptors (Lipinski definition) is 4. The third-order valence-corrected chi connectivity index (χ3v) is 3.56. The fourth-order valence-electron chi connectivity index (χ4n) is 2.37. The van der Waals surface area contributed by atoms with Crippen LogP contribution in [-0.4, -0.2) is 22.0 Å². The topological polar surface area (TPSA) is 104 Å². The Labute approximate surface area is 125 Å². The van der Waals surface area contributed by atoms with Crippen LogP contribution < -0.4 is 21.3 Å². The standard InChI is InChI=1S/C15H15N3O4/c19-13-10(8-17-15(21)18-13)7-16-14(20)12-6-5-9-3-1-2-4-11(9)22-12/h1-4,8,12H,5-7H2,(H,16,20)(H2,17,18,19,21). The van der Waals surface area contributed by atoms with Gasteiger partial charge in [0.1, 0.15) is 5.75 Å². The number of aromatic nitrogens is 2. The lowest BCUT2D eigenvalue weighted by Crippen LogP contribution is -2.41. The van der Waals surface area contributed by atoms with E-state index in [-0.39, 0.29) is 18.0 Å². The summed E-state index contributed by atoms with van der Waals surface area (Å²) in [6.45, 7) is 0.0342. The number of ether oxygens (including phenoxy) is 1. The van der Waals surface area contributed by atoms with Crippen LogP contribution in [0, 0.1) is 0 Å². The van der Waals surface area contributed by atoms with Crippen LogP contribution in [0.3, 0.4) is 0 Å². The van der Waals surface area contributed by atoms with Gasteiger partial charge in [-0.3, -0.25) is 14.6 Å². The maximum atomic E-state index is 12.1. The first-order chi connectivity index (χ1) is 10.6. The molecule has 114 valence electrons. The third kappa shape index (κ3) is 2.93. The minimum atomic E-state index is -0.577. The zero-order chi connectivity index (χ0) is 15.5. The van der Waals surface area contributed by atoms with E-state index in [1.807, 2.05) is 24.3 Å². The number of hydrogen-bond donors (Lipinski definition) is 3. The van der Waals surface area contributed by atoms with Crippen molar-refractivity contribution in [3.8, 4) is 5.75 Å². The van der Waals surface area contributed by atoms with Crippen molar-refractivity contribution in [3.05, 3.63) is 62.4 Å². The van der Waals surface area contributed by atoms with Gasteiger partial charge in [-0.15, -0.1) is 0 Å². The minimum Gasteiger partial charge on any atom is -0.480 e. The quantitative estimate of drug-likeness (QED) is 0.746. The van der Waals surface area contributed by atoms with Gasteiger partial charge in [-0.1, -0.05) is 18.2 Å². The van der Waals surface area contributed by atoms with Crippen molar-refractivity contribution in [2.24, 2.45) is 0 Å². The summed E-state index contributed by atoms with van der Waals surface area (Å²) in [7, 11) is 0. The largest absolute Gasteiger partial charge is 0.480 e.